The van der Waals surface area contributed by atoms with Gasteiger partial charge in [-0.3, -0.25) is 4.79 Å². The number of nitriles is 1. The average Bonchev–Trinajstić information content (AvgIpc) is 2.59. The Morgan fingerprint density at radius 1 is 1.26 bits per heavy atom. The lowest BCUT2D eigenvalue weighted by Gasteiger charge is -2.17. The van der Waals surface area contributed by atoms with E-state index >= 15 is 0 Å². The maximum Gasteiger partial charge on any atom is 0.240 e. The van der Waals surface area contributed by atoms with Crippen molar-refractivity contribution in [3.05, 3.63) is 64.7 Å². The summed E-state index contributed by atoms with van der Waals surface area (Å²) in [7, 11) is 0. The van der Waals surface area contributed by atoms with Gasteiger partial charge in [0.1, 0.15) is 12.6 Å². The Balaban J connectivity index is 2.18. The molecule has 0 fully saturated rings. The van der Waals surface area contributed by atoms with E-state index in [4.69, 9.17) is 16.9 Å². The molecule has 2 aromatic carbocycles. The second-order valence-corrected chi connectivity index (χ2v) is 5.27. The number of anilines is 1. The second kappa shape index (κ2) is 8.18. The van der Waals surface area contributed by atoms with Crippen molar-refractivity contribution in [1.29, 1.82) is 5.26 Å². The van der Waals surface area contributed by atoms with Gasteiger partial charge in [0, 0.05) is 16.3 Å². The quantitative estimate of drug-likeness (QED) is 0.711. The Hall–Kier alpha value is -2.55. The molecule has 2 aromatic rings. The van der Waals surface area contributed by atoms with Crippen LogP contribution in [-0.4, -0.2) is 24.1 Å². The van der Waals surface area contributed by atoms with Crippen molar-refractivity contribution in [3.63, 3.8) is 0 Å². The molecule has 2 rings (SSSR count). The molecule has 0 heterocycles. The predicted molar refractivity (Wildman–Crippen MR) is 89.1 cm³/mol. The third-order valence-corrected chi connectivity index (χ3v) is 3.46. The molecular weight excluding hydrogens is 314 g/mol. The van der Waals surface area contributed by atoms with Gasteiger partial charge in [-0.15, -0.1) is 0 Å². The minimum atomic E-state index is -0.862. The highest BCUT2D eigenvalue weighted by Crippen LogP contribution is 2.30. The van der Waals surface area contributed by atoms with Crippen LogP contribution in [0.25, 0.3) is 0 Å². The molecule has 23 heavy (non-hydrogen) atoms. The number of halogens is 1. The zero-order valence-corrected chi connectivity index (χ0v) is 13.0. The van der Waals surface area contributed by atoms with E-state index in [-0.39, 0.29) is 19.0 Å². The molecule has 0 aliphatic carbocycles. The third-order valence-electron chi connectivity index (χ3n) is 3.23. The Bertz CT molecular complexity index is 714. The molecule has 0 bridgehead atoms. The monoisotopic (exact) mass is 329 g/mol. The van der Waals surface area contributed by atoms with Gasteiger partial charge in [-0.1, -0.05) is 41.9 Å². The van der Waals surface area contributed by atoms with Gasteiger partial charge in [-0.05, 0) is 23.8 Å². The third kappa shape index (κ3) is 4.71. The molecule has 0 saturated carbocycles. The van der Waals surface area contributed by atoms with E-state index in [0.717, 1.165) is 5.56 Å². The maximum absolute atomic E-state index is 11.6. The van der Waals surface area contributed by atoms with E-state index < -0.39 is 6.10 Å². The van der Waals surface area contributed by atoms with Crippen LogP contribution in [0.5, 0.6) is 0 Å². The fourth-order valence-corrected chi connectivity index (χ4v) is 2.29. The zero-order valence-electron chi connectivity index (χ0n) is 12.3. The van der Waals surface area contributed by atoms with Crippen LogP contribution in [0.4, 0.5) is 5.69 Å². The molecule has 5 nitrogen and oxygen atoms in total. The summed E-state index contributed by atoms with van der Waals surface area (Å²) in [5.74, 6) is -0.304. The first-order chi connectivity index (χ1) is 11.1. The molecule has 118 valence electrons. The molecular formula is C17H16ClN3O2. The average molecular weight is 330 g/mol. The number of nitrogens with zero attached hydrogens (tertiary/aromatic N) is 1. The fraction of sp³-hybridized carbons (Fsp3) is 0.176. The van der Waals surface area contributed by atoms with Gasteiger partial charge >= 0.3 is 0 Å². The Morgan fingerprint density at radius 3 is 2.70 bits per heavy atom. The predicted octanol–water partition coefficient (Wildman–Crippen LogP) is 2.47. The molecule has 0 saturated heterocycles. The van der Waals surface area contributed by atoms with Crippen LogP contribution in [0.1, 0.15) is 17.2 Å². The van der Waals surface area contributed by atoms with Gasteiger partial charge in [0.25, 0.3) is 0 Å². The maximum atomic E-state index is 11.6. The first kappa shape index (κ1) is 16.8. The molecule has 1 amide bonds. The molecule has 1 atom stereocenters. The van der Waals surface area contributed by atoms with Crippen LogP contribution in [0.15, 0.2) is 48.5 Å². The number of hydrogen-bond acceptors (Lipinski definition) is 4. The van der Waals surface area contributed by atoms with Crippen molar-refractivity contribution in [2.24, 2.45) is 0 Å². The number of aliphatic hydroxyl groups excluding tert-OH is 1. The van der Waals surface area contributed by atoms with E-state index in [2.05, 4.69) is 10.6 Å². The van der Waals surface area contributed by atoms with Crippen molar-refractivity contribution in [3.8, 4) is 6.07 Å². The molecule has 1 unspecified atom stereocenters. The summed E-state index contributed by atoms with van der Waals surface area (Å²) in [6, 6.07) is 16.1. The normalized spacial score (nSPS) is 11.3. The van der Waals surface area contributed by atoms with E-state index in [0.29, 0.717) is 16.3 Å². The summed E-state index contributed by atoms with van der Waals surface area (Å²) >= 11 is 6.03. The highest BCUT2D eigenvalue weighted by molar-refractivity contribution is 6.30. The first-order valence-corrected chi connectivity index (χ1v) is 7.39. The van der Waals surface area contributed by atoms with Crippen molar-refractivity contribution in [1.82, 2.24) is 5.32 Å². The Morgan fingerprint density at radius 2 is 2.00 bits per heavy atom. The number of nitrogens with one attached hydrogen (secondary N) is 2. The topological polar surface area (TPSA) is 85.2 Å². The van der Waals surface area contributed by atoms with E-state index in [1.807, 2.05) is 36.4 Å². The number of aliphatic hydroxyl groups is 1. The van der Waals surface area contributed by atoms with Gasteiger partial charge < -0.3 is 15.7 Å². The second-order valence-electron chi connectivity index (χ2n) is 4.83. The summed E-state index contributed by atoms with van der Waals surface area (Å²) in [4.78, 5) is 11.6. The highest BCUT2D eigenvalue weighted by atomic mass is 35.5. The Labute approximate surface area is 139 Å². The van der Waals surface area contributed by atoms with Gasteiger partial charge in [0.15, 0.2) is 0 Å². The summed E-state index contributed by atoms with van der Waals surface area (Å²) in [6.45, 7) is -0.0432. The summed E-state index contributed by atoms with van der Waals surface area (Å²) < 4.78 is 0. The van der Waals surface area contributed by atoms with Crippen LogP contribution in [0, 0.1) is 11.3 Å². The Kier molecular flexibility index (Phi) is 5.98. The van der Waals surface area contributed by atoms with Gasteiger partial charge in [-0.25, -0.2) is 0 Å². The lowest BCUT2D eigenvalue weighted by molar-refractivity contribution is -0.119. The standard InChI is InChI=1S/C17H16ClN3O2/c18-13-6-7-15(21-11-16(22)20-9-8-19)14(10-13)17(23)12-4-2-1-3-5-12/h1-7,10,17,21,23H,9,11H2,(H,20,22). The lowest BCUT2D eigenvalue weighted by atomic mass is 10.00. The van der Waals surface area contributed by atoms with Crippen molar-refractivity contribution < 1.29 is 9.90 Å². The summed E-state index contributed by atoms with van der Waals surface area (Å²) in [6.07, 6.45) is -0.862. The number of carbonyl (C=O) groups is 1. The summed E-state index contributed by atoms with van der Waals surface area (Å²) in [5, 5.41) is 24.9. The van der Waals surface area contributed by atoms with E-state index in [1.165, 1.54) is 0 Å². The van der Waals surface area contributed by atoms with Crippen LogP contribution < -0.4 is 10.6 Å². The molecule has 0 spiro atoms. The number of carbonyl (C=O) groups excluding carboxylic acids is 1. The first-order valence-electron chi connectivity index (χ1n) is 7.02. The lowest BCUT2D eigenvalue weighted by Crippen LogP contribution is -2.30. The van der Waals surface area contributed by atoms with Crippen LogP contribution in [0.3, 0.4) is 0 Å². The molecule has 3 N–H and O–H groups in total. The number of rotatable bonds is 6. The fourth-order valence-electron chi connectivity index (χ4n) is 2.11. The van der Waals surface area contributed by atoms with Crippen LogP contribution >= 0.6 is 11.6 Å². The molecule has 0 radical (unpaired) electrons. The molecule has 6 heteroatoms. The SMILES string of the molecule is N#CCNC(=O)CNc1ccc(Cl)cc1C(O)c1ccccc1. The number of benzene rings is 2. The minimum Gasteiger partial charge on any atom is -0.384 e. The van der Waals surface area contributed by atoms with Crippen molar-refractivity contribution in [2.75, 3.05) is 18.4 Å². The highest BCUT2D eigenvalue weighted by Gasteiger charge is 2.15. The van der Waals surface area contributed by atoms with Crippen molar-refractivity contribution in [2.45, 2.75) is 6.10 Å². The number of amides is 1. The smallest absolute Gasteiger partial charge is 0.240 e. The van der Waals surface area contributed by atoms with Gasteiger partial charge in [0.05, 0.1) is 12.6 Å². The molecule has 0 aromatic heterocycles. The number of hydrogen-bond donors (Lipinski definition) is 3. The van der Waals surface area contributed by atoms with Crippen molar-refractivity contribution >= 4 is 23.2 Å². The van der Waals surface area contributed by atoms with E-state index in [9.17, 15) is 9.90 Å². The largest absolute Gasteiger partial charge is 0.384 e. The minimum absolute atomic E-state index is 0.00216. The zero-order chi connectivity index (χ0) is 16.7. The van der Waals surface area contributed by atoms with Gasteiger partial charge in [0.2, 0.25) is 5.91 Å². The summed E-state index contributed by atoms with van der Waals surface area (Å²) in [5.41, 5.74) is 1.92. The van der Waals surface area contributed by atoms with Crippen LogP contribution in [-0.2, 0) is 4.79 Å². The van der Waals surface area contributed by atoms with Crippen LogP contribution in [0.2, 0.25) is 5.02 Å². The molecule has 0 aliphatic heterocycles. The molecule has 0 aliphatic rings. The van der Waals surface area contributed by atoms with Gasteiger partial charge in [-0.2, -0.15) is 5.26 Å². The van der Waals surface area contributed by atoms with E-state index in [1.54, 1.807) is 18.2 Å².